The highest BCUT2D eigenvalue weighted by Crippen LogP contribution is 2.17. The van der Waals surface area contributed by atoms with E-state index in [-0.39, 0.29) is 6.23 Å². The van der Waals surface area contributed by atoms with Crippen LogP contribution in [-0.4, -0.2) is 69.3 Å². The Labute approximate surface area is 148 Å². The molecule has 7 nitrogen and oxygen atoms in total. The molecule has 0 aliphatic heterocycles. The van der Waals surface area contributed by atoms with Gasteiger partial charge in [-0.25, -0.2) is 0 Å². The fourth-order valence-electron chi connectivity index (χ4n) is 2.23. The summed E-state index contributed by atoms with van der Waals surface area (Å²) < 4.78 is 27.9. The van der Waals surface area contributed by atoms with E-state index in [1.807, 2.05) is 0 Å². The van der Waals surface area contributed by atoms with E-state index >= 15 is 0 Å². The summed E-state index contributed by atoms with van der Waals surface area (Å²) in [6, 6.07) is 0.722. The molecule has 8 heteroatoms. The summed E-state index contributed by atoms with van der Waals surface area (Å²) in [5.74, 6) is 0. The van der Waals surface area contributed by atoms with Crippen LogP contribution < -0.4 is 11.1 Å². The van der Waals surface area contributed by atoms with Crippen molar-refractivity contribution in [2.45, 2.75) is 51.3 Å². The second-order valence-electron chi connectivity index (χ2n) is 5.61. The highest BCUT2D eigenvalue weighted by Gasteiger charge is 2.38. The van der Waals surface area contributed by atoms with Crippen LogP contribution in [0.25, 0.3) is 0 Å². The van der Waals surface area contributed by atoms with Gasteiger partial charge in [0.15, 0.2) is 0 Å². The molecule has 0 aliphatic carbocycles. The van der Waals surface area contributed by atoms with Crippen molar-refractivity contribution >= 4 is 8.80 Å². The van der Waals surface area contributed by atoms with Gasteiger partial charge in [-0.05, 0) is 45.2 Å². The summed E-state index contributed by atoms with van der Waals surface area (Å²) in [4.78, 5) is 0. The van der Waals surface area contributed by atoms with Gasteiger partial charge in [-0.2, -0.15) is 0 Å². The molecule has 0 rings (SSSR count). The highest BCUT2D eigenvalue weighted by molar-refractivity contribution is 6.60. The topological polar surface area (TPSA) is 84.2 Å². The number of unbranched alkanes of at least 4 members (excludes halogenated alkanes) is 1. The zero-order valence-corrected chi connectivity index (χ0v) is 17.0. The van der Waals surface area contributed by atoms with Crippen LogP contribution in [0.15, 0.2) is 0 Å². The summed E-state index contributed by atoms with van der Waals surface area (Å²) >= 11 is 0. The second kappa shape index (κ2) is 16.4. The molecule has 0 radical (unpaired) electrons. The number of rotatable bonds is 18. The van der Waals surface area contributed by atoms with Crippen LogP contribution in [0.5, 0.6) is 0 Å². The fraction of sp³-hybridized carbons (Fsp3) is 1.00. The molecular formula is C16H38N2O5Si. The van der Waals surface area contributed by atoms with Crippen LogP contribution in [0.4, 0.5) is 0 Å². The molecule has 0 aliphatic rings. The van der Waals surface area contributed by atoms with E-state index in [1.165, 1.54) is 0 Å². The van der Waals surface area contributed by atoms with Gasteiger partial charge in [0.2, 0.25) is 0 Å². The molecule has 0 aromatic rings. The predicted octanol–water partition coefficient (Wildman–Crippen LogP) is 1.74. The first-order valence-electron chi connectivity index (χ1n) is 8.96. The van der Waals surface area contributed by atoms with Crippen LogP contribution in [0.3, 0.4) is 0 Å². The van der Waals surface area contributed by atoms with E-state index in [4.69, 9.17) is 28.5 Å². The number of hydrogen-bond donors (Lipinski definition) is 2. The monoisotopic (exact) mass is 366 g/mol. The average Bonchev–Trinajstić information content (AvgIpc) is 2.62. The van der Waals surface area contributed by atoms with Crippen molar-refractivity contribution in [1.29, 1.82) is 0 Å². The Morgan fingerprint density at radius 3 is 2.17 bits per heavy atom. The smallest absolute Gasteiger partial charge is 0.381 e. The van der Waals surface area contributed by atoms with Crippen molar-refractivity contribution < 1.29 is 22.8 Å². The van der Waals surface area contributed by atoms with Crippen LogP contribution in [0.2, 0.25) is 6.04 Å². The minimum absolute atomic E-state index is 0.00423. The zero-order valence-electron chi connectivity index (χ0n) is 16.0. The Hall–Kier alpha value is -0.0631. The summed E-state index contributed by atoms with van der Waals surface area (Å²) in [6.45, 7) is 5.97. The molecule has 1 atom stereocenters. The molecule has 1 unspecified atom stereocenters. The maximum Gasteiger partial charge on any atom is 0.500 e. The number of nitrogens with two attached hydrogens (primary N) is 1. The lowest BCUT2D eigenvalue weighted by Crippen LogP contribution is -2.45. The van der Waals surface area contributed by atoms with Crippen molar-refractivity contribution in [3.8, 4) is 0 Å². The van der Waals surface area contributed by atoms with Crippen LogP contribution >= 0.6 is 0 Å². The second-order valence-corrected chi connectivity index (χ2v) is 8.70. The predicted molar refractivity (Wildman–Crippen MR) is 98.0 cm³/mol. The van der Waals surface area contributed by atoms with Crippen molar-refractivity contribution in [3.05, 3.63) is 0 Å². The van der Waals surface area contributed by atoms with E-state index in [2.05, 4.69) is 12.2 Å². The summed E-state index contributed by atoms with van der Waals surface area (Å²) in [5, 5.41) is 3.42. The lowest BCUT2D eigenvalue weighted by atomic mass is 10.3. The maximum atomic E-state index is 5.97. The van der Waals surface area contributed by atoms with Crippen LogP contribution in [-0.2, 0) is 22.8 Å². The minimum Gasteiger partial charge on any atom is -0.381 e. The zero-order chi connectivity index (χ0) is 18.1. The molecule has 0 saturated heterocycles. The summed E-state index contributed by atoms with van der Waals surface area (Å²) in [7, 11) is 2.37. The van der Waals surface area contributed by atoms with Gasteiger partial charge in [0.05, 0.1) is 0 Å². The van der Waals surface area contributed by atoms with E-state index in [0.29, 0.717) is 13.2 Å². The SMILES string of the molecule is CCCNC(CC[Si](OC)(OC)OC)OCCCCOCCCN. The van der Waals surface area contributed by atoms with E-state index in [1.54, 1.807) is 21.3 Å². The molecule has 0 aromatic heterocycles. The standard InChI is InChI=1S/C16H38N2O5Si/c1-5-11-18-16(9-15-24(19-2,20-3)21-4)23-14-7-6-12-22-13-8-10-17/h16,18H,5-15,17H2,1-4H3. The first-order valence-corrected chi connectivity index (χ1v) is 10.9. The largest absolute Gasteiger partial charge is 0.500 e. The number of nitrogens with one attached hydrogen (secondary N) is 1. The third-order valence-electron chi connectivity index (χ3n) is 3.76. The summed E-state index contributed by atoms with van der Waals surface area (Å²) in [5.41, 5.74) is 5.42. The first kappa shape index (κ1) is 23.9. The van der Waals surface area contributed by atoms with Gasteiger partial charge in [0, 0.05) is 47.2 Å². The quantitative estimate of drug-likeness (QED) is 0.217. The first-order chi connectivity index (χ1) is 11.7. The van der Waals surface area contributed by atoms with Gasteiger partial charge in [0.25, 0.3) is 0 Å². The Kier molecular flexibility index (Phi) is 16.4. The molecule has 0 aromatic carbocycles. The molecule has 0 amide bonds. The van der Waals surface area contributed by atoms with Crippen LogP contribution in [0.1, 0.15) is 39.0 Å². The number of ether oxygens (including phenoxy) is 2. The normalized spacial score (nSPS) is 13.4. The van der Waals surface area contributed by atoms with Crippen molar-refractivity contribution in [2.24, 2.45) is 5.73 Å². The van der Waals surface area contributed by atoms with E-state index in [0.717, 1.165) is 57.9 Å². The summed E-state index contributed by atoms with van der Waals surface area (Å²) in [6.07, 6.45) is 4.76. The Bertz CT molecular complexity index is 263. The van der Waals surface area contributed by atoms with E-state index in [9.17, 15) is 0 Å². The molecular weight excluding hydrogens is 328 g/mol. The molecule has 146 valence electrons. The Morgan fingerprint density at radius 1 is 0.958 bits per heavy atom. The Morgan fingerprint density at radius 2 is 1.58 bits per heavy atom. The van der Waals surface area contributed by atoms with Gasteiger partial charge < -0.3 is 28.5 Å². The van der Waals surface area contributed by atoms with Gasteiger partial charge in [-0.15, -0.1) is 0 Å². The highest BCUT2D eigenvalue weighted by atomic mass is 28.4. The van der Waals surface area contributed by atoms with Gasteiger partial charge in [-0.3, -0.25) is 5.32 Å². The average molecular weight is 367 g/mol. The number of hydrogen-bond acceptors (Lipinski definition) is 7. The van der Waals surface area contributed by atoms with Crippen molar-refractivity contribution in [1.82, 2.24) is 5.32 Å². The lowest BCUT2D eigenvalue weighted by Gasteiger charge is -2.27. The molecule has 3 N–H and O–H groups in total. The van der Waals surface area contributed by atoms with Crippen molar-refractivity contribution in [3.63, 3.8) is 0 Å². The molecule has 0 spiro atoms. The van der Waals surface area contributed by atoms with Gasteiger partial charge in [0.1, 0.15) is 6.23 Å². The van der Waals surface area contributed by atoms with Gasteiger partial charge in [-0.1, -0.05) is 6.92 Å². The molecule has 24 heavy (non-hydrogen) atoms. The van der Waals surface area contributed by atoms with E-state index < -0.39 is 8.80 Å². The van der Waals surface area contributed by atoms with Gasteiger partial charge >= 0.3 is 8.80 Å². The van der Waals surface area contributed by atoms with Crippen molar-refractivity contribution in [2.75, 3.05) is 54.2 Å². The molecule has 0 fully saturated rings. The molecule has 0 saturated carbocycles. The Balaban J connectivity index is 4.00. The third-order valence-corrected chi connectivity index (χ3v) is 6.53. The molecule has 0 heterocycles. The maximum absolute atomic E-state index is 5.97. The lowest BCUT2D eigenvalue weighted by molar-refractivity contribution is 0.0170. The molecule has 0 bridgehead atoms. The fourth-order valence-corrected chi connectivity index (χ4v) is 3.96. The third kappa shape index (κ3) is 11.5. The minimum atomic E-state index is -2.54. The van der Waals surface area contributed by atoms with Crippen LogP contribution in [0, 0.1) is 0 Å².